The monoisotopic (exact) mass is 600 g/mol. The lowest BCUT2D eigenvalue weighted by molar-refractivity contribution is -0.000359. The Bertz CT molecular complexity index is 1170. The third kappa shape index (κ3) is 6.72. The zero-order valence-electron chi connectivity index (χ0n) is 19.3. The van der Waals surface area contributed by atoms with Gasteiger partial charge in [0.2, 0.25) is 0 Å². The first-order valence-electron chi connectivity index (χ1n) is 11.3. The molecule has 0 aromatic heterocycles. The van der Waals surface area contributed by atoms with Gasteiger partial charge >= 0.3 is 0 Å². The molecule has 2 amide bonds. The SMILES string of the molecule is COc1ccc(C(=O)Nc2cc(Br)ccc2C(=O)N2CCC(OCc3ccc(Br)cc3)CC2)cc1. The molecule has 35 heavy (non-hydrogen) atoms. The lowest BCUT2D eigenvalue weighted by Gasteiger charge is -2.32. The maximum Gasteiger partial charge on any atom is 0.255 e. The number of carbonyl (C=O) groups is 2. The zero-order valence-corrected chi connectivity index (χ0v) is 22.5. The fourth-order valence-corrected chi connectivity index (χ4v) is 4.56. The number of ether oxygens (including phenoxy) is 2. The Balaban J connectivity index is 1.37. The van der Waals surface area contributed by atoms with E-state index in [1.165, 1.54) is 0 Å². The maximum absolute atomic E-state index is 13.3. The number of rotatable bonds is 7. The predicted molar refractivity (Wildman–Crippen MR) is 143 cm³/mol. The number of hydrogen-bond donors (Lipinski definition) is 1. The number of piperidine rings is 1. The van der Waals surface area contributed by atoms with Crippen molar-refractivity contribution < 1.29 is 19.1 Å². The summed E-state index contributed by atoms with van der Waals surface area (Å²) < 4.78 is 13.0. The molecule has 3 aromatic rings. The van der Waals surface area contributed by atoms with Gasteiger partial charge < -0.3 is 19.7 Å². The van der Waals surface area contributed by atoms with Crippen LogP contribution in [0.15, 0.2) is 75.7 Å². The Labute approximate surface area is 221 Å². The largest absolute Gasteiger partial charge is 0.497 e. The van der Waals surface area contributed by atoms with Crippen LogP contribution in [0.3, 0.4) is 0 Å². The maximum atomic E-state index is 13.3. The van der Waals surface area contributed by atoms with Crippen LogP contribution >= 0.6 is 31.9 Å². The highest BCUT2D eigenvalue weighted by atomic mass is 79.9. The molecular formula is C27H26Br2N2O4. The van der Waals surface area contributed by atoms with Gasteiger partial charge in [-0.15, -0.1) is 0 Å². The highest BCUT2D eigenvalue weighted by Crippen LogP contribution is 2.26. The van der Waals surface area contributed by atoms with E-state index in [1.54, 1.807) is 43.5 Å². The van der Waals surface area contributed by atoms with E-state index in [9.17, 15) is 9.59 Å². The van der Waals surface area contributed by atoms with Gasteiger partial charge in [0.1, 0.15) is 5.75 Å². The molecule has 0 spiro atoms. The van der Waals surface area contributed by atoms with Gasteiger partial charge in [-0.05, 0) is 73.0 Å². The average Bonchev–Trinajstić information content (AvgIpc) is 2.88. The number of hydrogen-bond acceptors (Lipinski definition) is 4. The highest BCUT2D eigenvalue weighted by Gasteiger charge is 2.26. The van der Waals surface area contributed by atoms with E-state index < -0.39 is 0 Å². The number of halogens is 2. The van der Waals surface area contributed by atoms with Gasteiger partial charge in [0.15, 0.2) is 0 Å². The standard InChI is InChI=1S/C27H26Br2N2O4/c1-34-22-9-4-19(5-10-22)26(32)30-25-16-21(29)8-11-24(25)27(33)31-14-12-23(13-15-31)35-17-18-2-6-20(28)7-3-18/h2-11,16,23H,12-15,17H2,1H3,(H,30,32). The highest BCUT2D eigenvalue weighted by molar-refractivity contribution is 9.10. The summed E-state index contributed by atoms with van der Waals surface area (Å²) in [7, 11) is 1.58. The van der Waals surface area contributed by atoms with Crippen molar-refractivity contribution in [2.75, 3.05) is 25.5 Å². The third-order valence-corrected chi connectivity index (χ3v) is 6.96. The van der Waals surface area contributed by atoms with Crippen molar-refractivity contribution in [3.05, 3.63) is 92.4 Å². The molecular weight excluding hydrogens is 576 g/mol. The summed E-state index contributed by atoms with van der Waals surface area (Å²) in [4.78, 5) is 28.0. The molecule has 0 aliphatic carbocycles. The number of methoxy groups -OCH3 is 1. The van der Waals surface area contributed by atoms with Crippen molar-refractivity contribution in [1.29, 1.82) is 0 Å². The summed E-state index contributed by atoms with van der Waals surface area (Å²) in [5.74, 6) is 0.276. The first-order chi connectivity index (χ1) is 16.9. The molecule has 182 valence electrons. The number of benzene rings is 3. The number of nitrogens with zero attached hydrogens (tertiary/aromatic N) is 1. The van der Waals surface area contributed by atoms with Crippen LogP contribution in [0.5, 0.6) is 5.75 Å². The molecule has 1 heterocycles. The minimum atomic E-state index is -0.292. The fraction of sp³-hybridized carbons (Fsp3) is 0.259. The molecule has 1 fully saturated rings. The zero-order chi connectivity index (χ0) is 24.8. The van der Waals surface area contributed by atoms with Crippen molar-refractivity contribution >= 4 is 49.4 Å². The normalized spacial score (nSPS) is 14.0. The van der Waals surface area contributed by atoms with Crippen molar-refractivity contribution in [3.63, 3.8) is 0 Å². The van der Waals surface area contributed by atoms with E-state index in [0.717, 1.165) is 27.4 Å². The van der Waals surface area contributed by atoms with Crippen LogP contribution in [0.4, 0.5) is 5.69 Å². The van der Waals surface area contributed by atoms with Crippen molar-refractivity contribution in [2.24, 2.45) is 0 Å². The quantitative estimate of drug-likeness (QED) is 0.345. The van der Waals surface area contributed by atoms with Crippen molar-refractivity contribution in [2.45, 2.75) is 25.6 Å². The molecule has 3 aromatic carbocycles. The molecule has 0 saturated carbocycles. The van der Waals surface area contributed by atoms with Crippen molar-refractivity contribution in [3.8, 4) is 5.75 Å². The number of anilines is 1. The molecule has 1 saturated heterocycles. The first kappa shape index (κ1) is 25.4. The Morgan fingerprint density at radius 2 is 1.60 bits per heavy atom. The Kier molecular flexibility index (Phi) is 8.59. The summed E-state index contributed by atoms with van der Waals surface area (Å²) in [6.45, 7) is 1.76. The van der Waals surface area contributed by atoms with Gasteiger partial charge in [-0.1, -0.05) is 44.0 Å². The molecule has 6 nitrogen and oxygen atoms in total. The molecule has 1 aliphatic heterocycles. The number of nitrogens with one attached hydrogen (secondary N) is 1. The fourth-order valence-electron chi connectivity index (χ4n) is 3.93. The van der Waals surface area contributed by atoms with E-state index in [2.05, 4.69) is 37.2 Å². The van der Waals surface area contributed by atoms with E-state index in [4.69, 9.17) is 9.47 Å². The van der Waals surface area contributed by atoms with Crippen LogP contribution in [-0.4, -0.2) is 43.0 Å². The van der Waals surface area contributed by atoms with Crippen LogP contribution in [0.25, 0.3) is 0 Å². The van der Waals surface area contributed by atoms with Crippen LogP contribution in [0.2, 0.25) is 0 Å². The van der Waals surface area contributed by atoms with Gasteiger partial charge in [0, 0.05) is 27.6 Å². The smallest absolute Gasteiger partial charge is 0.255 e. The van der Waals surface area contributed by atoms with E-state index in [1.807, 2.05) is 35.2 Å². The van der Waals surface area contributed by atoms with E-state index >= 15 is 0 Å². The van der Waals surface area contributed by atoms with Crippen LogP contribution in [-0.2, 0) is 11.3 Å². The third-order valence-electron chi connectivity index (χ3n) is 5.94. The van der Waals surface area contributed by atoms with Gasteiger partial charge in [-0.25, -0.2) is 0 Å². The Morgan fingerprint density at radius 1 is 0.943 bits per heavy atom. The lowest BCUT2D eigenvalue weighted by atomic mass is 10.0. The molecule has 0 atom stereocenters. The summed E-state index contributed by atoms with van der Waals surface area (Å²) in [6.07, 6.45) is 1.65. The molecule has 4 rings (SSSR count). The average molecular weight is 602 g/mol. The van der Waals surface area contributed by atoms with E-state index in [-0.39, 0.29) is 17.9 Å². The Hall–Kier alpha value is -2.68. The topological polar surface area (TPSA) is 67.9 Å². The van der Waals surface area contributed by atoms with Crippen LogP contribution < -0.4 is 10.1 Å². The number of likely N-dealkylation sites (tertiary alicyclic amines) is 1. The predicted octanol–water partition coefficient (Wildman–Crippen LogP) is 6.29. The molecule has 0 radical (unpaired) electrons. The summed E-state index contributed by atoms with van der Waals surface area (Å²) in [5, 5.41) is 2.89. The summed E-state index contributed by atoms with van der Waals surface area (Å²) >= 11 is 6.89. The van der Waals surface area contributed by atoms with Crippen molar-refractivity contribution in [1.82, 2.24) is 4.90 Å². The second-order valence-electron chi connectivity index (χ2n) is 8.30. The van der Waals surface area contributed by atoms with Crippen LogP contribution in [0.1, 0.15) is 39.1 Å². The molecule has 1 N–H and O–H groups in total. The molecule has 8 heteroatoms. The molecule has 0 bridgehead atoms. The lowest BCUT2D eigenvalue weighted by Crippen LogP contribution is -2.41. The summed E-state index contributed by atoms with van der Waals surface area (Å²) in [6, 6.07) is 20.2. The Morgan fingerprint density at radius 3 is 2.26 bits per heavy atom. The van der Waals surface area contributed by atoms with Crippen LogP contribution in [0, 0.1) is 0 Å². The van der Waals surface area contributed by atoms with E-state index in [0.29, 0.717) is 42.3 Å². The van der Waals surface area contributed by atoms with Gasteiger partial charge in [-0.3, -0.25) is 9.59 Å². The number of amides is 2. The second-order valence-corrected chi connectivity index (χ2v) is 10.1. The minimum Gasteiger partial charge on any atom is -0.497 e. The number of carbonyl (C=O) groups excluding carboxylic acids is 2. The second kappa shape index (κ2) is 11.8. The molecule has 1 aliphatic rings. The van der Waals surface area contributed by atoms with Gasteiger partial charge in [0.05, 0.1) is 31.1 Å². The first-order valence-corrected chi connectivity index (χ1v) is 12.9. The van der Waals surface area contributed by atoms with Gasteiger partial charge in [-0.2, -0.15) is 0 Å². The van der Waals surface area contributed by atoms with Gasteiger partial charge in [0.25, 0.3) is 11.8 Å². The summed E-state index contributed by atoms with van der Waals surface area (Å²) in [5.41, 5.74) is 2.54. The minimum absolute atomic E-state index is 0.103. The molecule has 0 unspecified atom stereocenters.